The first-order chi connectivity index (χ1) is 14.0. The standard InChI is InChI=1S/C24H21BrN2O2/c1-16-5-4-6-19(13-16)24(29)27-12-11-18-14-17(9-10-22(18)27)15-26-23(28)20-7-2-3-8-21(20)25/h2-10,13-14H,11-12,15H2,1H3,(H,26,28). The molecule has 0 saturated heterocycles. The first kappa shape index (κ1) is 19.4. The van der Waals surface area contributed by atoms with E-state index in [0.717, 1.165) is 33.3 Å². The van der Waals surface area contributed by atoms with Crippen LogP contribution in [0.5, 0.6) is 0 Å². The second-order valence-electron chi connectivity index (χ2n) is 7.20. The molecule has 4 rings (SSSR count). The number of anilines is 1. The molecule has 0 aliphatic carbocycles. The fourth-order valence-corrected chi connectivity index (χ4v) is 4.10. The number of aryl methyl sites for hydroxylation is 1. The molecule has 146 valence electrons. The zero-order chi connectivity index (χ0) is 20.4. The van der Waals surface area contributed by atoms with E-state index in [1.54, 1.807) is 6.07 Å². The summed E-state index contributed by atoms with van der Waals surface area (Å²) in [6, 6.07) is 21.1. The second kappa shape index (κ2) is 8.21. The molecule has 1 aliphatic heterocycles. The number of rotatable bonds is 4. The van der Waals surface area contributed by atoms with E-state index < -0.39 is 0 Å². The largest absolute Gasteiger partial charge is 0.348 e. The van der Waals surface area contributed by atoms with Crippen LogP contribution >= 0.6 is 15.9 Å². The lowest BCUT2D eigenvalue weighted by atomic mass is 10.1. The van der Waals surface area contributed by atoms with Gasteiger partial charge in [0.05, 0.1) is 5.56 Å². The van der Waals surface area contributed by atoms with Crippen LogP contribution in [0.3, 0.4) is 0 Å². The molecule has 1 heterocycles. The van der Waals surface area contributed by atoms with E-state index in [-0.39, 0.29) is 11.8 Å². The molecule has 4 nitrogen and oxygen atoms in total. The third-order valence-corrected chi connectivity index (χ3v) is 5.81. The zero-order valence-electron chi connectivity index (χ0n) is 16.1. The molecule has 1 aliphatic rings. The van der Waals surface area contributed by atoms with Crippen LogP contribution in [0, 0.1) is 6.92 Å². The topological polar surface area (TPSA) is 49.4 Å². The van der Waals surface area contributed by atoms with E-state index >= 15 is 0 Å². The molecule has 1 N–H and O–H groups in total. The number of fused-ring (bicyclic) bond motifs is 1. The van der Waals surface area contributed by atoms with Crippen molar-refractivity contribution in [1.82, 2.24) is 5.32 Å². The summed E-state index contributed by atoms with van der Waals surface area (Å²) in [7, 11) is 0. The van der Waals surface area contributed by atoms with Crippen LogP contribution in [0.1, 0.15) is 37.4 Å². The molecule has 29 heavy (non-hydrogen) atoms. The van der Waals surface area contributed by atoms with Gasteiger partial charge in [-0.15, -0.1) is 0 Å². The Morgan fingerprint density at radius 2 is 1.86 bits per heavy atom. The van der Waals surface area contributed by atoms with Gasteiger partial charge in [-0.1, -0.05) is 42.0 Å². The molecule has 0 fully saturated rings. The minimum absolute atomic E-state index is 0.0300. The van der Waals surface area contributed by atoms with Crippen molar-refractivity contribution in [3.8, 4) is 0 Å². The molecule has 2 amide bonds. The SMILES string of the molecule is Cc1cccc(C(=O)N2CCc3cc(CNC(=O)c4ccccc4Br)ccc32)c1. The van der Waals surface area contributed by atoms with Gasteiger partial charge in [-0.05, 0) is 70.7 Å². The quantitative estimate of drug-likeness (QED) is 0.617. The molecule has 0 bridgehead atoms. The molecular formula is C24H21BrN2O2. The van der Waals surface area contributed by atoms with E-state index in [1.807, 2.05) is 66.4 Å². The number of amides is 2. The van der Waals surface area contributed by atoms with Gasteiger partial charge in [0.25, 0.3) is 11.8 Å². The van der Waals surface area contributed by atoms with Crippen molar-refractivity contribution in [2.45, 2.75) is 19.9 Å². The Kier molecular flexibility index (Phi) is 5.49. The molecular weight excluding hydrogens is 428 g/mol. The third kappa shape index (κ3) is 4.10. The summed E-state index contributed by atoms with van der Waals surface area (Å²) in [5.74, 6) is -0.0864. The maximum absolute atomic E-state index is 12.9. The Hall–Kier alpha value is -2.92. The summed E-state index contributed by atoms with van der Waals surface area (Å²) >= 11 is 3.41. The van der Waals surface area contributed by atoms with Crippen LogP contribution in [-0.4, -0.2) is 18.4 Å². The van der Waals surface area contributed by atoms with E-state index in [4.69, 9.17) is 0 Å². The summed E-state index contributed by atoms with van der Waals surface area (Å²) in [6.45, 7) is 3.11. The highest BCUT2D eigenvalue weighted by molar-refractivity contribution is 9.10. The van der Waals surface area contributed by atoms with E-state index in [1.165, 1.54) is 0 Å². The summed E-state index contributed by atoms with van der Waals surface area (Å²) in [5.41, 5.74) is 5.52. The minimum Gasteiger partial charge on any atom is -0.348 e. The van der Waals surface area contributed by atoms with Crippen molar-refractivity contribution in [2.75, 3.05) is 11.4 Å². The zero-order valence-corrected chi connectivity index (χ0v) is 17.7. The maximum Gasteiger partial charge on any atom is 0.258 e. The molecule has 3 aromatic carbocycles. The van der Waals surface area contributed by atoms with Crippen LogP contribution in [0.4, 0.5) is 5.69 Å². The average molecular weight is 449 g/mol. The van der Waals surface area contributed by atoms with E-state index in [2.05, 4.69) is 27.3 Å². The summed E-state index contributed by atoms with van der Waals surface area (Å²) in [6.07, 6.45) is 0.818. The van der Waals surface area contributed by atoms with E-state index in [0.29, 0.717) is 24.2 Å². The van der Waals surface area contributed by atoms with E-state index in [9.17, 15) is 9.59 Å². The Balaban J connectivity index is 1.47. The van der Waals surface area contributed by atoms with Crippen LogP contribution in [-0.2, 0) is 13.0 Å². The molecule has 5 heteroatoms. The number of benzene rings is 3. The predicted octanol–water partition coefficient (Wildman–Crippen LogP) is 4.89. The summed E-state index contributed by atoms with van der Waals surface area (Å²) < 4.78 is 0.775. The number of halogens is 1. The third-order valence-electron chi connectivity index (χ3n) is 5.12. The highest BCUT2D eigenvalue weighted by Gasteiger charge is 2.25. The summed E-state index contributed by atoms with van der Waals surface area (Å²) in [5, 5.41) is 2.96. The maximum atomic E-state index is 12.9. The Morgan fingerprint density at radius 3 is 2.66 bits per heavy atom. The second-order valence-corrected chi connectivity index (χ2v) is 8.06. The predicted molar refractivity (Wildman–Crippen MR) is 118 cm³/mol. The minimum atomic E-state index is -0.116. The monoisotopic (exact) mass is 448 g/mol. The average Bonchev–Trinajstić information content (AvgIpc) is 3.15. The van der Waals surface area contributed by atoms with Crippen LogP contribution < -0.4 is 10.2 Å². The van der Waals surface area contributed by atoms with Crippen molar-refractivity contribution in [3.05, 3.63) is 99.0 Å². The number of hydrogen-bond acceptors (Lipinski definition) is 2. The number of carbonyl (C=O) groups excluding carboxylic acids is 2. The Morgan fingerprint density at radius 1 is 1.03 bits per heavy atom. The van der Waals surface area contributed by atoms with Gasteiger partial charge in [0.15, 0.2) is 0 Å². The fourth-order valence-electron chi connectivity index (χ4n) is 3.63. The van der Waals surface area contributed by atoms with Gasteiger partial charge < -0.3 is 10.2 Å². The van der Waals surface area contributed by atoms with Gasteiger partial charge in [-0.3, -0.25) is 9.59 Å². The number of nitrogens with one attached hydrogen (secondary N) is 1. The number of nitrogens with zero attached hydrogens (tertiary/aromatic N) is 1. The van der Waals surface area contributed by atoms with Crippen molar-refractivity contribution in [1.29, 1.82) is 0 Å². The van der Waals surface area contributed by atoms with Gasteiger partial charge in [0, 0.05) is 28.8 Å². The van der Waals surface area contributed by atoms with Crippen molar-refractivity contribution in [3.63, 3.8) is 0 Å². The van der Waals surface area contributed by atoms with Gasteiger partial charge in [0.2, 0.25) is 0 Å². The molecule has 0 aromatic heterocycles. The first-order valence-corrected chi connectivity index (χ1v) is 10.4. The molecule has 3 aromatic rings. The highest BCUT2D eigenvalue weighted by atomic mass is 79.9. The molecule has 0 saturated carbocycles. The Labute approximate surface area is 178 Å². The first-order valence-electron chi connectivity index (χ1n) is 9.56. The Bertz CT molecular complexity index is 1090. The van der Waals surface area contributed by atoms with Gasteiger partial charge >= 0.3 is 0 Å². The van der Waals surface area contributed by atoms with Crippen LogP contribution in [0.25, 0.3) is 0 Å². The lowest BCUT2D eigenvalue weighted by molar-refractivity contribution is 0.0948. The fraction of sp³-hybridized carbons (Fsp3) is 0.167. The lowest BCUT2D eigenvalue weighted by Gasteiger charge is -2.18. The van der Waals surface area contributed by atoms with Gasteiger partial charge in [0.1, 0.15) is 0 Å². The molecule has 0 unspecified atom stereocenters. The van der Waals surface area contributed by atoms with Crippen molar-refractivity contribution < 1.29 is 9.59 Å². The van der Waals surface area contributed by atoms with Gasteiger partial charge in [-0.25, -0.2) is 0 Å². The van der Waals surface area contributed by atoms with Crippen molar-refractivity contribution in [2.24, 2.45) is 0 Å². The van der Waals surface area contributed by atoms with Gasteiger partial charge in [-0.2, -0.15) is 0 Å². The van der Waals surface area contributed by atoms with Crippen LogP contribution in [0.2, 0.25) is 0 Å². The lowest BCUT2D eigenvalue weighted by Crippen LogP contribution is -2.28. The highest BCUT2D eigenvalue weighted by Crippen LogP contribution is 2.30. The normalized spacial score (nSPS) is 12.6. The molecule has 0 spiro atoms. The summed E-state index contributed by atoms with van der Waals surface area (Å²) in [4.78, 5) is 27.2. The smallest absolute Gasteiger partial charge is 0.258 e. The number of carbonyl (C=O) groups is 2. The molecule has 0 radical (unpaired) electrons. The number of hydrogen-bond donors (Lipinski definition) is 1. The van der Waals surface area contributed by atoms with Crippen LogP contribution in [0.15, 0.2) is 71.2 Å². The van der Waals surface area contributed by atoms with Crippen molar-refractivity contribution >= 4 is 33.4 Å². The molecule has 0 atom stereocenters.